The fourth-order valence-corrected chi connectivity index (χ4v) is 8.41. The van der Waals surface area contributed by atoms with Gasteiger partial charge >= 0.3 is 0 Å². The summed E-state index contributed by atoms with van der Waals surface area (Å²) in [6.45, 7) is 4.68. The lowest BCUT2D eigenvalue weighted by atomic mass is 9.81. The average molecular weight is 703 g/mol. The molecule has 2 nitrogen and oxygen atoms in total. The molecular formula is C53H38N2. The first-order valence-corrected chi connectivity index (χ1v) is 19.0. The summed E-state index contributed by atoms with van der Waals surface area (Å²) in [4.78, 5) is 10.3. The first-order valence-electron chi connectivity index (χ1n) is 19.0. The van der Waals surface area contributed by atoms with Crippen LogP contribution in [0, 0.1) is 0 Å². The Morgan fingerprint density at radius 1 is 0.309 bits per heavy atom. The number of fused-ring (bicyclic) bond motifs is 4. The second-order valence-electron chi connectivity index (χ2n) is 15.0. The molecule has 0 saturated carbocycles. The summed E-state index contributed by atoms with van der Waals surface area (Å²) >= 11 is 0. The highest BCUT2D eigenvalue weighted by Crippen LogP contribution is 2.49. The normalized spacial score (nSPS) is 12.7. The number of nitrogens with zero attached hydrogens (tertiary/aromatic N) is 2. The number of rotatable bonds is 6. The molecule has 0 bridgehead atoms. The minimum absolute atomic E-state index is 0.0260. The van der Waals surface area contributed by atoms with Crippen LogP contribution in [0.25, 0.3) is 89.2 Å². The van der Waals surface area contributed by atoms with Gasteiger partial charge in [-0.05, 0) is 78.5 Å². The lowest BCUT2D eigenvalue weighted by molar-refractivity contribution is 0.660. The van der Waals surface area contributed by atoms with Crippen molar-refractivity contribution in [1.82, 2.24) is 9.97 Å². The van der Waals surface area contributed by atoms with Crippen molar-refractivity contribution in [3.05, 3.63) is 205 Å². The van der Waals surface area contributed by atoms with Gasteiger partial charge in [-0.15, -0.1) is 0 Å². The fraction of sp³-hybridized carbons (Fsp3) is 0.0566. The number of hydrogen-bond acceptors (Lipinski definition) is 2. The van der Waals surface area contributed by atoms with Gasteiger partial charge in [0.15, 0.2) is 5.82 Å². The molecule has 1 aliphatic rings. The molecule has 1 heterocycles. The molecule has 0 unspecified atom stereocenters. The van der Waals surface area contributed by atoms with Gasteiger partial charge in [0.05, 0.1) is 11.4 Å². The maximum absolute atomic E-state index is 5.20. The van der Waals surface area contributed by atoms with Crippen LogP contribution in [0.1, 0.15) is 25.0 Å². The van der Waals surface area contributed by atoms with E-state index in [9.17, 15) is 0 Å². The van der Waals surface area contributed by atoms with Crippen LogP contribution in [0.2, 0.25) is 0 Å². The summed E-state index contributed by atoms with van der Waals surface area (Å²) in [5.74, 6) is 0.711. The lowest BCUT2D eigenvalue weighted by Gasteiger charge is -2.22. The standard InChI is InChI=1S/C53H38N2/c1-53(2)48-20-12-11-19-45(48)46-30-29-41(33-49(46)53)37-21-25-38(26-22-37)42-31-32-47(44-18-10-9-17-43(42)44)51-34-50(54-52(55-51)40-15-7-4-8-16-40)39-27-23-36(24-28-39)35-13-5-3-6-14-35/h3-34H,1-2H3. The van der Waals surface area contributed by atoms with Crippen LogP contribution in [0.4, 0.5) is 0 Å². The monoisotopic (exact) mass is 702 g/mol. The predicted molar refractivity (Wildman–Crippen MR) is 230 cm³/mol. The smallest absolute Gasteiger partial charge is 0.160 e. The SMILES string of the molecule is CC1(C)c2ccccc2-c2ccc(-c3ccc(-c4ccc(-c5cc(-c6ccc(-c7ccccc7)cc6)nc(-c6ccccc6)n5)c5ccccc45)cc3)cc21. The Morgan fingerprint density at radius 2 is 0.782 bits per heavy atom. The molecular weight excluding hydrogens is 665 g/mol. The first kappa shape index (κ1) is 32.7. The zero-order valence-electron chi connectivity index (χ0n) is 30.9. The van der Waals surface area contributed by atoms with E-state index in [2.05, 4.69) is 184 Å². The Hall–Kier alpha value is -6.90. The van der Waals surface area contributed by atoms with Gasteiger partial charge in [-0.25, -0.2) is 9.97 Å². The first-order chi connectivity index (χ1) is 27.0. The van der Waals surface area contributed by atoms with Gasteiger partial charge in [0.1, 0.15) is 0 Å². The largest absolute Gasteiger partial charge is 0.228 e. The summed E-state index contributed by atoms with van der Waals surface area (Å²) < 4.78 is 0. The summed E-state index contributed by atoms with van der Waals surface area (Å²) in [7, 11) is 0. The van der Waals surface area contributed by atoms with Gasteiger partial charge < -0.3 is 0 Å². The van der Waals surface area contributed by atoms with Gasteiger partial charge in [0, 0.05) is 22.1 Å². The van der Waals surface area contributed by atoms with Crippen LogP contribution in [0.15, 0.2) is 194 Å². The Morgan fingerprint density at radius 3 is 1.51 bits per heavy atom. The van der Waals surface area contributed by atoms with Gasteiger partial charge in [-0.2, -0.15) is 0 Å². The molecule has 0 spiro atoms. The fourth-order valence-electron chi connectivity index (χ4n) is 8.41. The third kappa shape index (κ3) is 5.75. The van der Waals surface area contributed by atoms with Gasteiger partial charge in [-0.1, -0.05) is 196 Å². The van der Waals surface area contributed by atoms with E-state index in [1.807, 2.05) is 24.3 Å². The minimum Gasteiger partial charge on any atom is -0.228 e. The van der Waals surface area contributed by atoms with Crippen molar-refractivity contribution in [3.63, 3.8) is 0 Å². The van der Waals surface area contributed by atoms with Crippen molar-refractivity contribution in [2.24, 2.45) is 0 Å². The van der Waals surface area contributed by atoms with E-state index >= 15 is 0 Å². The van der Waals surface area contributed by atoms with Crippen LogP contribution in [0.5, 0.6) is 0 Å². The Balaban J connectivity index is 1.03. The van der Waals surface area contributed by atoms with Crippen LogP contribution in [0.3, 0.4) is 0 Å². The van der Waals surface area contributed by atoms with Crippen LogP contribution in [-0.2, 0) is 5.41 Å². The molecule has 9 aromatic rings. The van der Waals surface area contributed by atoms with E-state index in [0.717, 1.165) is 33.5 Å². The predicted octanol–water partition coefficient (Wildman–Crippen LogP) is 13.9. The zero-order valence-corrected chi connectivity index (χ0v) is 30.9. The second-order valence-corrected chi connectivity index (χ2v) is 15.0. The summed E-state index contributed by atoms with van der Waals surface area (Å²) in [6, 6.07) is 69.6. The molecule has 2 heteroatoms. The maximum Gasteiger partial charge on any atom is 0.160 e. The molecule has 1 aliphatic carbocycles. The number of hydrogen-bond donors (Lipinski definition) is 0. The highest BCUT2D eigenvalue weighted by Gasteiger charge is 2.35. The molecule has 0 atom stereocenters. The average Bonchev–Trinajstić information content (AvgIpc) is 3.49. The molecule has 0 fully saturated rings. The highest BCUT2D eigenvalue weighted by atomic mass is 14.9. The maximum atomic E-state index is 5.20. The van der Waals surface area contributed by atoms with Crippen molar-refractivity contribution in [2.45, 2.75) is 19.3 Å². The molecule has 8 aromatic carbocycles. The molecule has 10 rings (SSSR count). The topological polar surface area (TPSA) is 25.8 Å². The summed E-state index contributed by atoms with van der Waals surface area (Å²) in [5.41, 5.74) is 17.6. The summed E-state index contributed by atoms with van der Waals surface area (Å²) in [6.07, 6.45) is 0. The Bertz CT molecular complexity index is 2850. The molecule has 1 aromatic heterocycles. The van der Waals surface area contributed by atoms with Crippen molar-refractivity contribution in [2.75, 3.05) is 0 Å². The van der Waals surface area contributed by atoms with Crippen molar-refractivity contribution in [1.29, 1.82) is 0 Å². The van der Waals surface area contributed by atoms with Crippen molar-refractivity contribution in [3.8, 4) is 78.4 Å². The van der Waals surface area contributed by atoms with E-state index in [4.69, 9.17) is 9.97 Å². The third-order valence-electron chi connectivity index (χ3n) is 11.4. The summed E-state index contributed by atoms with van der Waals surface area (Å²) in [5, 5.41) is 2.35. The van der Waals surface area contributed by atoms with E-state index in [1.54, 1.807) is 0 Å². The molecule has 0 aliphatic heterocycles. The van der Waals surface area contributed by atoms with E-state index in [0.29, 0.717) is 5.82 Å². The van der Waals surface area contributed by atoms with Gasteiger partial charge in [-0.3, -0.25) is 0 Å². The third-order valence-corrected chi connectivity index (χ3v) is 11.4. The van der Waals surface area contributed by atoms with E-state index in [-0.39, 0.29) is 5.41 Å². The lowest BCUT2D eigenvalue weighted by Crippen LogP contribution is -2.14. The minimum atomic E-state index is -0.0260. The molecule has 0 radical (unpaired) electrons. The molecule has 0 N–H and O–H groups in total. The van der Waals surface area contributed by atoms with Crippen LogP contribution in [-0.4, -0.2) is 9.97 Å². The van der Waals surface area contributed by atoms with Gasteiger partial charge in [0.2, 0.25) is 0 Å². The molecule has 0 amide bonds. The van der Waals surface area contributed by atoms with Crippen molar-refractivity contribution < 1.29 is 0 Å². The molecule has 0 saturated heterocycles. The molecule has 260 valence electrons. The van der Waals surface area contributed by atoms with Gasteiger partial charge in [0.25, 0.3) is 0 Å². The Labute approximate surface area is 322 Å². The van der Waals surface area contributed by atoms with Crippen molar-refractivity contribution >= 4 is 10.8 Å². The molecule has 55 heavy (non-hydrogen) atoms. The van der Waals surface area contributed by atoms with Crippen LogP contribution >= 0.6 is 0 Å². The number of aromatic nitrogens is 2. The second kappa shape index (κ2) is 13.2. The quantitative estimate of drug-likeness (QED) is 0.172. The van der Waals surface area contributed by atoms with E-state index in [1.165, 1.54) is 61.0 Å². The van der Waals surface area contributed by atoms with E-state index < -0.39 is 0 Å². The Kier molecular flexibility index (Phi) is 7.85. The zero-order chi connectivity index (χ0) is 36.9. The van der Waals surface area contributed by atoms with Crippen LogP contribution < -0.4 is 0 Å². The highest BCUT2D eigenvalue weighted by molar-refractivity contribution is 6.05. The number of benzene rings is 8.